The van der Waals surface area contributed by atoms with Gasteiger partial charge in [0.1, 0.15) is 5.82 Å². The van der Waals surface area contributed by atoms with E-state index in [1.165, 1.54) is 12.8 Å². The van der Waals surface area contributed by atoms with Crippen molar-refractivity contribution in [1.29, 1.82) is 0 Å². The van der Waals surface area contributed by atoms with Crippen LogP contribution in [0.4, 0.5) is 11.8 Å². The van der Waals surface area contributed by atoms with Crippen LogP contribution in [0.5, 0.6) is 0 Å². The third-order valence-corrected chi connectivity index (χ3v) is 5.92. The highest BCUT2D eigenvalue weighted by atomic mass is 16.5. The lowest BCUT2D eigenvalue weighted by atomic mass is 9.91. The van der Waals surface area contributed by atoms with Gasteiger partial charge < -0.3 is 19.6 Å². The van der Waals surface area contributed by atoms with E-state index in [2.05, 4.69) is 25.8 Å². The number of aliphatic hydroxyl groups is 1. The predicted octanol–water partition coefficient (Wildman–Crippen LogP) is 1.05. The first-order valence-electron chi connectivity index (χ1n) is 10.1. The molecule has 26 heavy (non-hydrogen) atoms. The third-order valence-electron chi connectivity index (χ3n) is 5.92. The minimum Gasteiger partial charge on any atom is -0.391 e. The van der Waals surface area contributed by atoms with Crippen molar-refractivity contribution in [1.82, 2.24) is 14.9 Å². The molecule has 1 aromatic heterocycles. The maximum Gasteiger partial charge on any atom is 0.227 e. The zero-order chi connectivity index (χ0) is 17.9. The number of hydrogen-bond donors (Lipinski definition) is 1. The number of hydrogen-bond acceptors (Lipinski definition) is 7. The van der Waals surface area contributed by atoms with Crippen LogP contribution in [0.15, 0.2) is 6.07 Å². The minimum atomic E-state index is -0.149. The summed E-state index contributed by atoms with van der Waals surface area (Å²) in [4.78, 5) is 16.6. The van der Waals surface area contributed by atoms with Crippen LogP contribution in [0, 0.1) is 6.92 Å². The summed E-state index contributed by atoms with van der Waals surface area (Å²) >= 11 is 0. The Labute approximate surface area is 156 Å². The average Bonchev–Trinajstić information content (AvgIpc) is 2.69. The van der Waals surface area contributed by atoms with Gasteiger partial charge in [-0.05, 0) is 19.8 Å². The number of anilines is 2. The Bertz CT molecular complexity index is 600. The summed E-state index contributed by atoms with van der Waals surface area (Å²) < 4.78 is 5.44. The molecule has 2 atom stereocenters. The molecule has 0 bridgehead atoms. The second-order valence-corrected chi connectivity index (χ2v) is 7.71. The Balaban J connectivity index is 1.41. The molecule has 2 aliphatic heterocycles. The van der Waals surface area contributed by atoms with E-state index >= 15 is 0 Å². The Kier molecular flexibility index (Phi) is 5.57. The summed E-state index contributed by atoms with van der Waals surface area (Å²) in [6.07, 6.45) is 4.36. The second kappa shape index (κ2) is 8.06. The molecular formula is C19H31N5O2. The average molecular weight is 361 g/mol. The van der Waals surface area contributed by atoms with E-state index in [9.17, 15) is 5.11 Å². The Morgan fingerprint density at radius 2 is 1.69 bits per heavy atom. The molecule has 4 rings (SSSR count). The number of aryl methyl sites for hydroxylation is 1. The van der Waals surface area contributed by atoms with E-state index in [1.807, 2.05) is 6.92 Å². The van der Waals surface area contributed by atoms with Crippen LogP contribution in [0.25, 0.3) is 0 Å². The standard InChI is InChI=1S/C19H31N5O2/c1-15-14-18(21-19(20-15)24-10-12-26-13-11-24)23-8-6-22(7-9-23)16-4-2-3-5-17(16)25/h14,16-17,25H,2-13H2,1H3. The molecule has 3 fully saturated rings. The summed E-state index contributed by atoms with van der Waals surface area (Å²) in [6.45, 7) is 9.17. The van der Waals surface area contributed by atoms with Crippen molar-refractivity contribution in [2.75, 3.05) is 62.3 Å². The van der Waals surface area contributed by atoms with Gasteiger partial charge in [-0.3, -0.25) is 4.90 Å². The lowest BCUT2D eigenvalue weighted by molar-refractivity contribution is 0.0172. The molecule has 3 aliphatic rings. The van der Waals surface area contributed by atoms with E-state index in [-0.39, 0.29) is 6.10 Å². The van der Waals surface area contributed by atoms with Gasteiger partial charge in [-0.2, -0.15) is 4.98 Å². The molecule has 1 saturated carbocycles. The largest absolute Gasteiger partial charge is 0.391 e. The van der Waals surface area contributed by atoms with Gasteiger partial charge in [0.15, 0.2) is 0 Å². The number of aromatic nitrogens is 2. The number of aliphatic hydroxyl groups excluding tert-OH is 1. The Morgan fingerprint density at radius 3 is 2.42 bits per heavy atom. The zero-order valence-corrected chi connectivity index (χ0v) is 15.8. The summed E-state index contributed by atoms with van der Waals surface area (Å²) in [6, 6.07) is 2.44. The van der Waals surface area contributed by atoms with Crippen LogP contribution in [-0.2, 0) is 4.74 Å². The first kappa shape index (κ1) is 17.9. The van der Waals surface area contributed by atoms with Crippen molar-refractivity contribution in [3.05, 3.63) is 11.8 Å². The van der Waals surface area contributed by atoms with Crippen LogP contribution in [0.3, 0.4) is 0 Å². The number of morpholine rings is 1. The van der Waals surface area contributed by atoms with Crippen molar-refractivity contribution >= 4 is 11.8 Å². The fraction of sp³-hybridized carbons (Fsp3) is 0.789. The highest BCUT2D eigenvalue weighted by molar-refractivity contribution is 5.46. The molecule has 2 unspecified atom stereocenters. The van der Waals surface area contributed by atoms with Crippen molar-refractivity contribution in [3.8, 4) is 0 Å². The lowest BCUT2D eigenvalue weighted by Crippen LogP contribution is -2.54. The maximum atomic E-state index is 10.3. The number of piperazine rings is 1. The molecule has 0 spiro atoms. The van der Waals surface area contributed by atoms with Crippen molar-refractivity contribution in [2.45, 2.75) is 44.8 Å². The lowest BCUT2D eigenvalue weighted by Gasteiger charge is -2.43. The third kappa shape index (κ3) is 3.94. The second-order valence-electron chi connectivity index (χ2n) is 7.71. The number of ether oxygens (including phenoxy) is 1. The van der Waals surface area contributed by atoms with Crippen LogP contribution < -0.4 is 9.80 Å². The van der Waals surface area contributed by atoms with E-state index in [0.29, 0.717) is 6.04 Å². The van der Waals surface area contributed by atoms with Crippen LogP contribution in [0.2, 0.25) is 0 Å². The van der Waals surface area contributed by atoms with E-state index < -0.39 is 0 Å². The van der Waals surface area contributed by atoms with Crippen LogP contribution in [-0.4, -0.2) is 84.6 Å². The summed E-state index contributed by atoms with van der Waals surface area (Å²) in [5, 5.41) is 10.3. The SMILES string of the molecule is Cc1cc(N2CCN(C3CCCCC3O)CC2)nc(N2CCOCC2)n1. The maximum absolute atomic E-state index is 10.3. The smallest absolute Gasteiger partial charge is 0.227 e. The van der Waals surface area contributed by atoms with E-state index in [0.717, 1.165) is 82.8 Å². The topological polar surface area (TPSA) is 65.0 Å². The minimum absolute atomic E-state index is 0.149. The number of nitrogens with zero attached hydrogens (tertiary/aromatic N) is 5. The van der Waals surface area contributed by atoms with Gasteiger partial charge in [-0.15, -0.1) is 0 Å². The predicted molar refractivity (Wildman–Crippen MR) is 102 cm³/mol. The van der Waals surface area contributed by atoms with E-state index in [4.69, 9.17) is 9.72 Å². The molecule has 1 aliphatic carbocycles. The van der Waals surface area contributed by atoms with Gasteiger partial charge in [0.2, 0.25) is 5.95 Å². The molecule has 1 N–H and O–H groups in total. The Morgan fingerprint density at radius 1 is 0.962 bits per heavy atom. The highest BCUT2D eigenvalue weighted by Gasteiger charge is 2.31. The molecule has 7 heteroatoms. The van der Waals surface area contributed by atoms with Gasteiger partial charge in [0.25, 0.3) is 0 Å². The summed E-state index contributed by atoms with van der Waals surface area (Å²) in [5.41, 5.74) is 1.02. The van der Waals surface area contributed by atoms with Gasteiger partial charge in [0, 0.05) is 57.1 Å². The zero-order valence-electron chi connectivity index (χ0n) is 15.8. The highest BCUT2D eigenvalue weighted by Crippen LogP contribution is 2.26. The molecule has 2 saturated heterocycles. The normalized spacial score (nSPS) is 28.4. The quantitative estimate of drug-likeness (QED) is 0.863. The fourth-order valence-electron chi connectivity index (χ4n) is 4.40. The summed E-state index contributed by atoms with van der Waals surface area (Å²) in [7, 11) is 0. The van der Waals surface area contributed by atoms with Crippen LogP contribution in [0.1, 0.15) is 31.4 Å². The first-order valence-corrected chi connectivity index (χ1v) is 10.1. The molecule has 0 radical (unpaired) electrons. The molecule has 1 aromatic rings. The molecule has 3 heterocycles. The molecule has 0 amide bonds. The van der Waals surface area contributed by atoms with Gasteiger partial charge >= 0.3 is 0 Å². The first-order chi connectivity index (χ1) is 12.7. The van der Waals surface area contributed by atoms with E-state index in [1.54, 1.807) is 0 Å². The summed E-state index contributed by atoms with van der Waals surface area (Å²) in [5.74, 6) is 1.86. The van der Waals surface area contributed by atoms with Crippen LogP contribution >= 0.6 is 0 Å². The Hall–Kier alpha value is -1.44. The van der Waals surface area contributed by atoms with Crippen molar-refractivity contribution in [3.63, 3.8) is 0 Å². The molecule has 7 nitrogen and oxygen atoms in total. The molecule has 0 aromatic carbocycles. The van der Waals surface area contributed by atoms with Gasteiger partial charge in [-0.1, -0.05) is 12.8 Å². The van der Waals surface area contributed by atoms with Crippen molar-refractivity contribution in [2.24, 2.45) is 0 Å². The monoisotopic (exact) mass is 361 g/mol. The van der Waals surface area contributed by atoms with Gasteiger partial charge in [-0.25, -0.2) is 4.98 Å². The van der Waals surface area contributed by atoms with Gasteiger partial charge in [0.05, 0.1) is 19.3 Å². The molecule has 144 valence electrons. The molecular weight excluding hydrogens is 330 g/mol. The number of rotatable bonds is 3. The fourth-order valence-corrected chi connectivity index (χ4v) is 4.40. The van der Waals surface area contributed by atoms with Crippen molar-refractivity contribution < 1.29 is 9.84 Å².